The summed E-state index contributed by atoms with van der Waals surface area (Å²) in [4.78, 5) is 22.7. The molecule has 1 aromatic rings. The molecule has 0 saturated carbocycles. The lowest BCUT2D eigenvalue weighted by atomic mass is 10.0. The van der Waals surface area contributed by atoms with Gasteiger partial charge in [-0.1, -0.05) is 18.2 Å². The second-order valence-corrected chi connectivity index (χ2v) is 3.03. The van der Waals surface area contributed by atoms with Crippen molar-refractivity contribution in [3.8, 4) is 0 Å². The zero-order valence-corrected chi connectivity index (χ0v) is 8.97. The number of amides is 1. The van der Waals surface area contributed by atoms with E-state index in [2.05, 4.69) is 0 Å². The van der Waals surface area contributed by atoms with E-state index in [4.69, 9.17) is 10.5 Å². The van der Waals surface area contributed by atoms with Crippen molar-refractivity contribution in [2.45, 2.75) is 6.92 Å². The third-order valence-electron chi connectivity index (χ3n) is 1.94. The highest BCUT2D eigenvalue weighted by atomic mass is 16.5. The SMILES string of the molecule is CCOC=CC(=O)c1ccccc1C(N)=O. The van der Waals surface area contributed by atoms with E-state index in [0.29, 0.717) is 6.61 Å². The van der Waals surface area contributed by atoms with Gasteiger partial charge in [0.25, 0.3) is 0 Å². The van der Waals surface area contributed by atoms with Gasteiger partial charge in [-0.15, -0.1) is 0 Å². The number of ether oxygens (including phenoxy) is 1. The maximum atomic E-state index is 11.7. The van der Waals surface area contributed by atoms with Gasteiger partial charge < -0.3 is 10.5 Å². The standard InChI is InChI=1S/C12H13NO3/c1-2-16-8-7-11(14)9-5-3-4-6-10(9)12(13)15/h3-8H,2H2,1H3,(H2,13,15). The zero-order valence-electron chi connectivity index (χ0n) is 8.97. The molecule has 0 aliphatic carbocycles. The number of rotatable bonds is 5. The van der Waals surface area contributed by atoms with E-state index in [1.54, 1.807) is 18.2 Å². The summed E-state index contributed by atoms with van der Waals surface area (Å²) in [5, 5.41) is 0. The van der Waals surface area contributed by atoms with E-state index in [0.717, 1.165) is 0 Å². The van der Waals surface area contributed by atoms with Gasteiger partial charge in [0.15, 0.2) is 5.78 Å². The molecule has 2 N–H and O–H groups in total. The summed E-state index contributed by atoms with van der Waals surface area (Å²) in [6.45, 7) is 2.30. The van der Waals surface area contributed by atoms with Gasteiger partial charge in [-0.25, -0.2) is 0 Å². The largest absolute Gasteiger partial charge is 0.501 e. The van der Waals surface area contributed by atoms with Crippen LogP contribution in [-0.2, 0) is 4.74 Å². The molecular formula is C12H13NO3. The molecule has 0 heterocycles. The van der Waals surface area contributed by atoms with Crippen LogP contribution in [0.4, 0.5) is 0 Å². The van der Waals surface area contributed by atoms with Crippen LogP contribution in [0.25, 0.3) is 0 Å². The van der Waals surface area contributed by atoms with E-state index in [1.165, 1.54) is 18.4 Å². The van der Waals surface area contributed by atoms with Gasteiger partial charge in [0.1, 0.15) is 0 Å². The second kappa shape index (κ2) is 5.70. The Morgan fingerprint density at radius 2 is 1.94 bits per heavy atom. The van der Waals surface area contributed by atoms with Crippen molar-refractivity contribution < 1.29 is 14.3 Å². The Hall–Kier alpha value is -2.10. The molecule has 0 saturated heterocycles. The molecule has 0 bridgehead atoms. The van der Waals surface area contributed by atoms with Crippen molar-refractivity contribution in [3.63, 3.8) is 0 Å². The topological polar surface area (TPSA) is 69.4 Å². The van der Waals surface area contributed by atoms with Crippen molar-refractivity contribution in [3.05, 3.63) is 47.7 Å². The van der Waals surface area contributed by atoms with Crippen LogP contribution in [0.1, 0.15) is 27.6 Å². The maximum Gasteiger partial charge on any atom is 0.249 e. The van der Waals surface area contributed by atoms with E-state index in [9.17, 15) is 9.59 Å². The van der Waals surface area contributed by atoms with Crippen LogP contribution in [0.5, 0.6) is 0 Å². The first kappa shape index (κ1) is 12.0. The van der Waals surface area contributed by atoms with Crippen molar-refractivity contribution in [2.24, 2.45) is 5.73 Å². The molecule has 84 valence electrons. The number of allylic oxidation sites excluding steroid dienone is 1. The average Bonchev–Trinajstić information content (AvgIpc) is 2.29. The predicted molar refractivity (Wildman–Crippen MR) is 60.1 cm³/mol. The molecule has 0 fully saturated rings. The van der Waals surface area contributed by atoms with Crippen LogP contribution in [0.3, 0.4) is 0 Å². The Bertz CT molecular complexity index is 424. The van der Waals surface area contributed by atoms with Gasteiger partial charge in [0.2, 0.25) is 5.91 Å². The van der Waals surface area contributed by atoms with Gasteiger partial charge in [-0.3, -0.25) is 9.59 Å². The molecule has 0 radical (unpaired) electrons. The molecule has 0 atom stereocenters. The first-order valence-corrected chi connectivity index (χ1v) is 4.88. The fourth-order valence-electron chi connectivity index (χ4n) is 1.21. The smallest absolute Gasteiger partial charge is 0.249 e. The molecule has 16 heavy (non-hydrogen) atoms. The fourth-order valence-corrected chi connectivity index (χ4v) is 1.21. The van der Waals surface area contributed by atoms with Gasteiger partial charge >= 0.3 is 0 Å². The van der Waals surface area contributed by atoms with Crippen LogP contribution in [0.15, 0.2) is 36.6 Å². The minimum absolute atomic E-state index is 0.216. The Balaban J connectivity index is 2.95. The third kappa shape index (κ3) is 2.95. The normalized spacial score (nSPS) is 10.3. The summed E-state index contributed by atoms with van der Waals surface area (Å²) in [5.41, 5.74) is 5.66. The minimum Gasteiger partial charge on any atom is -0.501 e. The fraction of sp³-hybridized carbons (Fsp3) is 0.167. The third-order valence-corrected chi connectivity index (χ3v) is 1.94. The summed E-state index contributed by atoms with van der Waals surface area (Å²) in [6.07, 6.45) is 2.57. The molecule has 0 aliphatic rings. The lowest BCUT2D eigenvalue weighted by Gasteiger charge is -2.02. The van der Waals surface area contributed by atoms with Crippen LogP contribution >= 0.6 is 0 Å². The van der Waals surface area contributed by atoms with Gasteiger partial charge in [0.05, 0.1) is 18.4 Å². The summed E-state index contributed by atoms with van der Waals surface area (Å²) in [6, 6.07) is 6.40. The lowest BCUT2D eigenvalue weighted by molar-refractivity contribution is 0.0982. The second-order valence-electron chi connectivity index (χ2n) is 3.03. The molecule has 4 heteroatoms. The van der Waals surface area contributed by atoms with E-state index < -0.39 is 5.91 Å². The van der Waals surface area contributed by atoms with Gasteiger partial charge in [-0.05, 0) is 13.0 Å². The van der Waals surface area contributed by atoms with E-state index >= 15 is 0 Å². The summed E-state index contributed by atoms with van der Waals surface area (Å²) in [7, 11) is 0. The van der Waals surface area contributed by atoms with Gasteiger partial charge in [-0.2, -0.15) is 0 Å². The number of carbonyl (C=O) groups is 2. The number of primary amides is 1. The molecule has 1 amide bonds. The highest BCUT2D eigenvalue weighted by Crippen LogP contribution is 2.09. The Morgan fingerprint density at radius 1 is 1.31 bits per heavy atom. The number of benzene rings is 1. The Morgan fingerprint density at radius 3 is 2.50 bits per heavy atom. The first-order chi connectivity index (χ1) is 7.66. The number of hydrogen-bond donors (Lipinski definition) is 1. The molecule has 4 nitrogen and oxygen atoms in total. The summed E-state index contributed by atoms with van der Waals surface area (Å²) >= 11 is 0. The van der Waals surface area contributed by atoms with Crippen molar-refractivity contribution >= 4 is 11.7 Å². The molecule has 1 aromatic carbocycles. The number of carbonyl (C=O) groups excluding carboxylic acids is 2. The summed E-state index contributed by atoms with van der Waals surface area (Å²) < 4.78 is 4.91. The zero-order chi connectivity index (χ0) is 12.0. The van der Waals surface area contributed by atoms with Crippen molar-refractivity contribution in [1.29, 1.82) is 0 Å². The lowest BCUT2D eigenvalue weighted by Crippen LogP contribution is -2.15. The highest BCUT2D eigenvalue weighted by Gasteiger charge is 2.11. The van der Waals surface area contributed by atoms with Crippen LogP contribution < -0.4 is 5.73 Å². The predicted octanol–water partition coefficient (Wildman–Crippen LogP) is 1.52. The van der Waals surface area contributed by atoms with Crippen molar-refractivity contribution in [2.75, 3.05) is 6.61 Å². The van der Waals surface area contributed by atoms with E-state index in [-0.39, 0.29) is 16.9 Å². The molecule has 1 rings (SSSR count). The molecule has 0 aromatic heterocycles. The monoisotopic (exact) mass is 219 g/mol. The Kier molecular flexibility index (Phi) is 4.27. The van der Waals surface area contributed by atoms with E-state index in [1.807, 2.05) is 6.92 Å². The van der Waals surface area contributed by atoms with Gasteiger partial charge in [0, 0.05) is 11.6 Å². The van der Waals surface area contributed by atoms with Crippen LogP contribution in [-0.4, -0.2) is 18.3 Å². The maximum absolute atomic E-state index is 11.7. The molecule has 0 spiro atoms. The molecule has 0 aliphatic heterocycles. The van der Waals surface area contributed by atoms with Crippen molar-refractivity contribution in [1.82, 2.24) is 0 Å². The van der Waals surface area contributed by atoms with Crippen LogP contribution in [0, 0.1) is 0 Å². The summed E-state index contributed by atoms with van der Waals surface area (Å²) in [5.74, 6) is -0.920. The number of hydrogen-bond acceptors (Lipinski definition) is 3. The molecule has 0 unspecified atom stereocenters. The minimum atomic E-state index is -0.617. The molecular weight excluding hydrogens is 206 g/mol. The Labute approximate surface area is 93.7 Å². The number of nitrogens with two attached hydrogens (primary N) is 1. The highest BCUT2D eigenvalue weighted by molar-refractivity contribution is 6.12. The number of ketones is 1. The quantitative estimate of drug-likeness (QED) is 0.463. The van der Waals surface area contributed by atoms with Crippen LogP contribution in [0.2, 0.25) is 0 Å². The first-order valence-electron chi connectivity index (χ1n) is 4.88. The average molecular weight is 219 g/mol.